The van der Waals surface area contributed by atoms with Crippen molar-refractivity contribution in [1.29, 1.82) is 0 Å². The molecule has 0 amide bonds. The molecule has 1 rings (SSSR count). The minimum Gasteiger partial charge on any atom is -0.546 e. The Kier molecular flexibility index (Phi) is 5.85. The molecule has 0 aliphatic carbocycles. The molecule has 0 radical (unpaired) electrons. The average Bonchev–Trinajstić information content (AvgIpc) is 2.15. The molecule has 0 aromatic heterocycles. The van der Waals surface area contributed by atoms with E-state index in [0.717, 1.165) is 0 Å². The zero-order chi connectivity index (χ0) is 9.68. The van der Waals surface area contributed by atoms with Crippen molar-refractivity contribution in [2.24, 2.45) is 0 Å². The molecule has 5 heteroatoms. The fourth-order valence-electron chi connectivity index (χ4n) is 0.875. The molecule has 0 bridgehead atoms. The molecule has 0 unspecified atom stereocenters. The summed E-state index contributed by atoms with van der Waals surface area (Å²) in [7, 11) is 1.49. The van der Waals surface area contributed by atoms with Crippen LogP contribution in [0, 0.1) is 0 Å². The number of aliphatic carboxylic acids is 1. The summed E-state index contributed by atoms with van der Waals surface area (Å²) in [5, 5.41) is 10.1. The van der Waals surface area contributed by atoms with Gasteiger partial charge in [-0.3, -0.25) is 0 Å². The minimum absolute atomic E-state index is 0. The van der Waals surface area contributed by atoms with Crippen molar-refractivity contribution in [1.82, 2.24) is 0 Å². The predicted octanol–water partition coefficient (Wildman–Crippen LogP) is -3.17. The maximum Gasteiger partial charge on any atom is 1.00 e. The summed E-state index contributed by atoms with van der Waals surface area (Å²) in [6, 6.07) is 6.81. The smallest absolute Gasteiger partial charge is 0.546 e. The van der Waals surface area contributed by atoms with Gasteiger partial charge in [0.25, 0.3) is 0 Å². The van der Waals surface area contributed by atoms with Gasteiger partial charge < -0.3 is 19.4 Å². The van der Waals surface area contributed by atoms with Crippen molar-refractivity contribution < 1.29 is 38.2 Å². The van der Waals surface area contributed by atoms with Gasteiger partial charge in [-0.25, -0.2) is 0 Å². The number of hydrogen-bond acceptors (Lipinski definition) is 4. The zero-order valence-corrected chi connectivity index (χ0v) is 8.15. The van der Waals surface area contributed by atoms with Crippen LogP contribution < -0.4 is 33.4 Å². The van der Waals surface area contributed by atoms with E-state index in [2.05, 4.69) is 0 Å². The van der Waals surface area contributed by atoms with E-state index in [1.807, 2.05) is 0 Å². The summed E-state index contributed by atoms with van der Waals surface area (Å²) >= 11 is 0. The molecule has 0 saturated heterocycles. The molecule has 14 heavy (non-hydrogen) atoms. The normalized spacial score (nSPS) is 8.64. The number of ether oxygens (including phenoxy) is 2. The number of para-hydroxylation sites is 2. The number of methoxy groups -OCH3 is 1. The Morgan fingerprint density at radius 1 is 1.36 bits per heavy atom. The molecule has 0 fully saturated rings. The average molecular weight is 188 g/mol. The van der Waals surface area contributed by atoms with E-state index < -0.39 is 12.6 Å². The summed E-state index contributed by atoms with van der Waals surface area (Å²) in [6.07, 6.45) is 0. The van der Waals surface area contributed by atoms with Crippen molar-refractivity contribution in [2.45, 2.75) is 0 Å². The monoisotopic (exact) mass is 188 g/mol. The van der Waals surface area contributed by atoms with E-state index in [1.54, 1.807) is 24.3 Å². The molecule has 1 aromatic carbocycles. The SMILES string of the molecule is COc1ccccc1OCC(=O)[O-].[Li+]. The maximum atomic E-state index is 10.1. The van der Waals surface area contributed by atoms with Gasteiger partial charge in [-0.1, -0.05) is 12.1 Å². The Balaban J connectivity index is 0.00000169. The first kappa shape index (κ1) is 12.9. The first-order valence-corrected chi connectivity index (χ1v) is 3.69. The van der Waals surface area contributed by atoms with E-state index in [-0.39, 0.29) is 18.9 Å². The standard InChI is InChI=1S/C9H10O4.Li/c1-12-7-4-2-3-5-8(7)13-6-9(10)11;/h2-5H,6H2,1H3,(H,10,11);/q;+1/p-1. The fraction of sp³-hybridized carbons (Fsp3) is 0.222. The van der Waals surface area contributed by atoms with E-state index in [1.165, 1.54) is 7.11 Å². The van der Waals surface area contributed by atoms with Crippen LogP contribution in [0.4, 0.5) is 0 Å². The van der Waals surface area contributed by atoms with Crippen LogP contribution in [0.25, 0.3) is 0 Å². The van der Waals surface area contributed by atoms with Gasteiger partial charge in [0.05, 0.1) is 13.1 Å². The Bertz CT molecular complexity index is 301. The van der Waals surface area contributed by atoms with Crippen LogP contribution >= 0.6 is 0 Å². The second-order valence-corrected chi connectivity index (χ2v) is 2.31. The van der Waals surface area contributed by atoms with E-state index in [4.69, 9.17) is 9.47 Å². The van der Waals surface area contributed by atoms with Crippen molar-refractivity contribution in [3.8, 4) is 11.5 Å². The van der Waals surface area contributed by atoms with E-state index >= 15 is 0 Å². The second kappa shape index (κ2) is 6.36. The number of benzene rings is 1. The molecular weight excluding hydrogens is 179 g/mol. The zero-order valence-electron chi connectivity index (χ0n) is 8.15. The molecule has 0 heterocycles. The van der Waals surface area contributed by atoms with Crippen LogP contribution in [0.5, 0.6) is 11.5 Å². The van der Waals surface area contributed by atoms with Crippen LogP contribution in [0.1, 0.15) is 0 Å². The quantitative estimate of drug-likeness (QED) is 0.468. The number of rotatable bonds is 4. The number of carboxylic acid groups (broad SMARTS) is 1. The van der Waals surface area contributed by atoms with Gasteiger partial charge in [-0.05, 0) is 12.1 Å². The maximum absolute atomic E-state index is 10.1. The minimum atomic E-state index is -1.26. The Hall–Kier alpha value is -1.11. The number of carbonyl (C=O) groups is 1. The van der Waals surface area contributed by atoms with Crippen molar-refractivity contribution in [3.63, 3.8) is 0 Å². The summed E-state index contributed by atoms with van der Waals surface area (Å²) in [4.78, 5) is 10.1. The first-order valence-electron chi connectivity index (χ1n) is 3.69. The molecule has 0 atom stereocenters. The third-order valence-electron chi connectivity index (χ3n) is 1.41. The number of carbonyl (C=O) groups excluding carboxylic acids is 1. The molecule has 0 N–H and O–H groups in total. The van der Waals surface area contributed by atoms with E-state index in [9.17, 15) is 9.90 Å². The Morgan fingerprint density at radius 2 is 1.93 bits per heavy atom. The predicted molar refractivity (Wildman–Crippen MR) is 43.5 cm³/mol. The topological polar surface area (TPSA) is 58.6 Å². The second-order valence-electron chi connectivity index (χ2n) is 2.31. The third-order valence-corrected chi connectivity index (χ3v) is 1.41. The molecule has 0 spiro atoms. The van der Waals surface area contributed by atoms with Gasteiger partial charge in [0.1, 0.15) is 6.61 Å². The molecule has 0 aliphatic rings. The number of hydrogen-bond donors (Lipinski definition) is 0. The Labute approximate surface area is 94.0 Å². The van der Waals surface area contributed by atoms with Crippen LogP contribution in [-0.2, 0) is 4.79 Å². The van der Waals surface area contributed by atoms with Gasteiger partial charge in [0.2, 0.25) is 0 Å². The van der Waals surface area contributed by atoms with Crippen LogP contribution in [0.3, 0.4) is 0 Å². The van der Waals surface area contributed by atoms with Crippen LogP contribution in [0.2, 0.25) is 0 Å². The summed E-state index contributed by atoms with van der Waals surface area (Å²) in [5.41, 5.74) is 0. The summed E-state index contributed by atoms with van der Waals surface area (Å²) in [5.74, 6) is -0.358. The molecule has 0 aliphatic heterocycles. The molecule has 1 aromatic rings. The molecular formula is C9H9LiO4. The van der Waals surface area contributed by atoms with Crippen molar-refractivity contribution >= 4 is 5.97 Å². The van der Waals surface area contributed by atoms with Crippen molar-refractivity contribution in [3.05, 3.63) is 24.3 Å². The largest absolute Gasteiger partial charge is 1.00 e. The summed E-state index contributed by atoms with van der Waals surface area (Å²) in [6.45, 7) is -0.472. The number of carboxylic acids is 1. The van der Waals surface area contributed by atoms with Gasteiger partial charge in [0.15, 0.2) is 11.5 Å². The van der Waals surface area contributed by atoms with Gasteiger partial charge in [-0.15, -0.1) is 0 Å². The fourth-order valence-corrected chi connectivity index (χ4v) is 0.875. The summed E-state index contributed by atoms with van der Waals surface area (Å²) < 4.78 is 9.84. The third kappa shape index (κ3) is 3.73. The Morgan fingerprint density at radius 3 is 2.43 bits per heavy atom. The molecule has 4 nitrogen and oxygen atoms in total. The van der Waals surface area contributed by atoms with Crippen LogP contribution in [0.15, 0.2) is 24.3 Å². The van der Waals surface area contributed by atoms with Gasteiger partial charge in [0, 0.05) is 0 Å². The van der Waals surface area contributed by atoms with Gasteiger partial charge >= 0.3 is 18.9 Å². The van der Waals surface area contributed by atoms with Gasteiger partial charge in [-0.2, -0.15) is 0 Å². The van der Waals surface area contributed by atoms with E-state index in [0.29, 0.717) is 11.5 Å². The first-order chi connectivity index (χ1) is 6.24. The molecule has 0 saturated carbocycles. The van der Waals surface area contributed by atoms with Crippen molar-refractivity contribution in [2.75, 3.05) is 13.7 Å². The van der Waals surface area contributed by atoms with Crippen LogP contribution in [-0.4, -0.2) is 19.7 Å². The molecule has 70 valence electrons.